The van der Waals surface area contributed by atoms with Gasteiger partial charge in [-0.1, -0.05) is 6.42 Å². The van der Waals surface area contributed by atoms with Crippen molar-refractivity contribution in [3.8, 4) is 0 Å². The molecule has 0 amide bonds. The fourth-order valence-electron chi connectivity index (χ4n) is 8.15. The van der Waals surface area contributed by atoms with E-state index in [2.05, 4.69) is 24.7 Å². The fraction of sp³-hybridized carbons (Fsp3) is 1.00. The number of rotatable bonds is 2. The van der Waals surface area contributed by atoms with Gasteiger partial charge in [-0.05, 0) is 106 Å². The van der Waals surface area contributed by atoms with Crippen molar-refractivity contribution in [2.45, 2.75) is 69.9 Å². The zero-order valence-electron chi connectivity index (χ0n) is 14.5. The van der Waals surface area contributed by atoms with Gasteiger partial charge >= 0.3 is 0 Å². The average Bonchev–Trinajstić information content (AvgIpc) is 3.26. The van der Waals surface area contributed by atoms with E-state index in [1.807, 2.05) is 0 Å². The van der Waals surface area contributed by atoms with E-state index in [1.165, 1.54) is 12.8 Å². The predicted molar refractivity (Wildman–Crippen MR) is 90.6 cm³/mol. The number of hydrogen-bond donors (Lipinski definition) is 2. The van der Waals surface area contributed by atoms with E-state index < -0.39 is 0 Å². The van der Waals surface area contributed by atoms with Crippen LogP contribution in [0.4, 0.5) is 0 Å². The van der Waals surface area contributed by atoms with E-state index in [4.69, 9.17) is 0 Å². The molecule has 22 heavy (non-hydrogen) atoms. The summed E-state index contributed by atoms with van der Waals surface area (Å²) in [5, 5.41) is 7.32. The molecule has 9 unspecified atom stereocenters. The van der Waals surface area contributed by atoms with Crippen molar-refractivity contribution in [1.29, 1.82) is 0 Å². The van der Waals surface area contributed by atoms with Gasteiger partial charge in [0, 0.05) is 12.1 Å². The van der Waals surface area contributed by atoms with Gasteiger partial charge in [-0.15, -0.1) is 0 Å². The van der Waals surface area contributed by atoms with Gasteiger partial charge in [-0.2, -0.15) is 0 Å². The minimum Gasteiger partial charge on any atom is -0.317 e. The molecule has 0 bridgehead atoms. The number of fused-ring (bicyclic) bond motifs is 2. The predicted octanol–water partition coefficient (Wildman–Crippen LogP) is 3.42. The van der Waals surface area contributed by atoms with Crippen LogP contribution in [0.3, 0.4) is 0 Å². The third kappa shape index (κ3) is 1.80. The van der Waals surface area contributed by atoms with Crippen LogP contribution in [0, 0.1) is 40.9 Å². The van der Waals surface area contributed by atoms with Crippen molar-refractivity contribution in [3.63, 3.8) is 0 Å². The molecule has 9 atom stereocenters. The van der Waals surface area contributed by atoms with Crippen LogP contribution in [0.1, 0.15) is 57.8 Å². The van der Waals surface area contributed by atoms with Crippen LogP contribution in [0.2, 0.25) is 0 Å². The van der Waals surface area contributed by atoms with E-state index in [-0.39, 0.29) is 0 Å². The van der Waals surface area contributed by atoms with E-state index in [1.54, 1.807) is 44.9 Å². The molecule has 2 N–H and O–H groups in total. The smallest absolute Gasteiger partial charge is 0.0110 e. The summed E-state index contributed by atoms with van der Waals surface area (Å²) in [6.45, 7) is 0. The van der Waals surface area contributed by atoms with Crippen molar-refractivity contribution in [2.24, 2.45) is 40.9 Å². The molecular formula is C20H34N2. The van der Waals surface area contributed by atoms with Crippen LogP contribution in [-0.2, 0) is 0 Å². The summed E-state index contributed by atoms with van der Waals surface area (Å²) in [7, 11) is 4.39. The molecule has 5 fully saturated rings. The highest BCUT2D eigenvalue weighted by Crippen LogP contribution is 2.75. The Morgan fingerprint density at radius 3 is 2.32 bits per heavy atom. The molecule has 5 aliphatic carbocycles. The fourth-order valence-corrected chi connectivity index (χ4v) is 8.15. The Morgan fingerprint density at radius 2 is 1.59 bits per heavy atom. The quantitative estimate of drug-likeness (QED) is 0.816. The third-order valence-corrected chi connectivity index (χ3v) is 9.03. The van der Waals surface area contributed by atoms with Crippen LogP contribution in [0.15, 0.2) is 0 Å². The Labute approximate surface area is 136 Å². The lowest BCUT2D eigenvalue weighted by molar-refractivity contribution is -0.0828. The van der Waals surface area contributed by atoms with Gasteiger partial charge in [0.05, 0.1) is 0 Å². The summed E-state index contributed by atoms with van der Waals surface area (Å²) in [5.41, 5.74) is 0.811. The molecule has 5 aliphatic rings. The molecular weight excluding hydrogens is 268 g/mol. The first-order valence-electron chi connectivity index (χ1n) is 10.1. The van der Waals surface area contributed by atoms with Gasteiger partial charge in [-0.3, -0.25) is 0 Å². The molecule has 5 saturated carbocycles. The SMILES string of the molecule is CNC1CC2CC3CCCC4CC5CC5C34CC2C(NC)C1. The average molecular weight is 303 g/mol. The van der Waals surface area contributed by atoms with E-state index >= 15 is 0 Å². The minimum atomic E-state index is 0.754. The summed E-state index contributed by atoms with van der Waals surface area (Å²) in [4.78, 5) is 0. The molecule has 0 aliphatic heterocycles. The molecule has 0 radical (unpaired) electrons. The Kier molecular flexibility index (Phi) is 3.22. The Hall–Kier alpha value is -0.0800. The molecule has 0 aromatic rings. The Balaban J connectivity index is 1.46. The third-order valence-electron chi connectivity index (χ3n) is 9.03. The maximum atomic E-state index is 3.73. The van der Waals surface area contributed by atoms with Gasteiger partial charge in [-0.25, -0.2) is 0 Å². The Bertz CT molecular complexity index is 449. The maximum Gasteiger partial charge on any atom is 0.0110 e. The second-order valence-electron chi connectivity index (χ2n) is 9.49. The lowest BCUT2D eigenvalue weighted by atomic mass is 9.47. The summed E-state index contributed by atoms with van der Waals surface area (Å²) >= 11 is 0. The van der Waals surface area contributed by atoms with Crippen molar-refractivity contribution >= 4 is 0 Å². The first-order chi connectivity index (χ1) is 10.8. The number of hydrogen-bond acceptors (Lipinski definition) is 2. The zero-order valence-corrected chi connectivity index (χ0v) is 14.5. The summed E-state index contributed by atoms with van der Waals surface area (Å²) in [6, 6.07) is 1.52. The van der Waals surface area contributed by atoms with Crippen molar-refractivity contribution < 1.29 is 0 Å². The molecule has 0 saturated heterocycles. The van der Waals surface area contributed by atoms with Gasteiger partial charge in [0.25, 0.3) is 0 Å². The van der Waals surface area contributed by atoms with Gasteiger partial charge in [0.2, 0.25) is 0 Å². The zero-order chi connectivity index (χ0) is 14.9. The highest BCUT2D eigenvalue weighted by atomic mass is 14.9. The second kappa shape index (κ2) is 4.96. The van der Waals surface area contributed by atoms with Crippen LogP contribution in [-0.4, -0.2) is 26.2 Å². The van der Waals surface area contributed by atoms with E-state index in [0.29, 0.717) is 0 Å². The molecule has 124 valence electrons. The number of nitrogens with one attached hydrogen (secondary N) is 2. The van der Waals surface area contributed by atoms with Crippen LogP contribution >= 0.6 is 0 Å². The van der Waals surface area contributed by atoms with Crippen LogP contribution < -0.4 is 10.6 Å². The largest absolute Gasteiger partial charge is 0.317 e. The molecule has 0 heterocycles. The molecule has 1 spiro atoms. The van der Waals surface area contributed by atoms with Crippen LogP contribution in [0.5, 0.6) is 0 Å². The normalized spacial score (nSPS) is 59.2. The standard InChI is InChI=1S/C20H34N2/c1-21-16-8-12-6-14-4-3-5-15-7-13-9-18(13)20(14,15)11-17(12)19(10-16)22-2/h12-19,21-22H,3-11H2,1-2H3. The first-order valence-corrected chi connectivity index (χ1v) is 10.1. The topological polar surface area (TPSA) is 24.1 Å². The van der Waals surface area contributed by atoms with E-state index in [0.717, 1.165) is 53.0 Å². The highest BCUT2D eigenvalue weighted by Gasteiger charge is 2.68. The molecule has 2 nitrogen and oxygen atoms in total. The van der Waals surface area contributed by atoms with E-state index in [9.17, 15) is 0 Å². The lowest BCUT2D eigenvalue weighted by Gasteiger charge is -2.59. The molecule has 0 aromatic carbocycles. The molecule has 5 rings (SSSR count). The lowest BCUT2D eigenvalue weighted by Crippen LogP contribution is -2.56. The minimum absolute atomic E-state index is 0.754. The second-order valence-corrected chi connectivity index (χ2v) is 9.49. The van der Waals surface area contributed by atoms with Gasteiger partial charge < -0.3 is 10.6 Å². The molecule has 2 heteroatoms. The van der Waals surface area contributed by atoms with Crippen LogP contribution in [0.25, 0.3) is 0 Å². The summed E-state index contributed by atoms with van der Waals surface area (Å²) < 4.78 is 0. The maximum absolute atomic E-state index is 3.73. The van der Waals surface area contributed by atoms with Crippen molar-refractivity contribution in [2.75, 3.05) is 14.1 Å². The monoisotopic (exact) mass is 302 g/mol. The van der Waals surface area contributed by atoms with Gasteiger partial charge in [0.15, 0.2) is 0 Å². The molecule has 0 aromatic heterocycles. The first kappa shape index (κ1) is 14.3. The Morgan fingerprint density at radius 1 is 0.818 bits per heavy atom. The highest BCUT2D eigenvalue weighted by molar-refractivity contribution is 5.17. The summed E-state index contributed by atoms with van der Waals surface area (Å²) in [6.07, 6.45) is 13.9. The van der Waals surface area contributed by atoms with Crippen molar-refractivity contribution in [1.82, 2.24) is 10.6 Å². The summed E-state index contributed by atoms with van der Waals surface area (Å²) in [5.74, 6) is 6.50. The van der Waals surface area contributed by atoms with Crippen molar-refractivity contribution in [3.05, 3.63) is 0 Å². The van der Waals surface area contributed by atoms with Gasteiger partial charge in [0.1, 0.15) is 0 Å².